The summed E-state index contributed by atoms with van der Waals surface area (Å²) in [5.74, 6) is 1.55. The van der Waals surface area contributed by atoms with Crippen LogP contribution in [-0.4, -0.2) is 6.04 Å². The zero-order valence-electron chi connectivity index (χ0n) is 9.83. The van der Waals surface area contributed by atoms with E-state index in [2.05, 4.69) is 53.8 Å². The van der Waals surface area contributed by atoms with Gasteiger partial charge in [0.25, 0.3) is 0 Å². The van der Waals surface area contributed by atoms with Gasteiger partial charge in [-0.25, -0.2) is 0 Å². The van der Waals surface area contributed by atoms with Crippen molar-refractivity contribution in [2.75, 3.05) is 0 Å². The predicted molar refractivity (Wildman–Crippen MR) is 77.3 cm³/mol. The molecule has 1 aliphatic carbocycles. The van der Waals surface area contributed by atoms with Gasteiger partial charge in [-0.15, -0.1) is 0 Å². The summed E-state index contributed by atoms with van der Waals surface area (Å²) in [4.78, 5) is 0. The molecule has 0 heterocycles. The number of halogens is 1. The van der Waals surface area contributed by atoms with Crippen LogP contribution in [0.3, 0.4) is 0 Å². The van der Waals surface area contributed by atoms with Gasteiger partial charge in [0.1, 0.15) is 0 Å². The smallest absolute Gasteiger partial charge is 0.0130 e. The third-order valence-corrected chi connectivity index (χ3v) is 4.58. The molecule has 0 spiro atoms. The Morgan fingerprint density at radius 1 is 1.31 bits per heavy atom. The summed E-state index contributed by atoms with van der Waals surface area (Å²) >= 11 is 2.34. The fourth-order valence-electron chi connectivity index (χ4n) is 2.85. The Morgan fingerprint density at radius 2 is 2.00 bits per heavy atom. The number of nitrogens with two attached hydrogens (primary N) is 1. The number of hydrogen-bond donors (Lipinski definition) is 1. The van der Waals surface area contributed by atoms with Crippen molar-refractivity contribution in [3.8, 4) is 0 Å². The van der Waals surface area contributed by atoms with E-state index in [-0.39, 0.29) is 0 Å². The van der Waals surface area contributed by atoms with Gasteiger partial charge in [-0.2, -0.15) is 0 Å². The lowest BCUT2D eigenvalue weighted by Gasteiger charge is -2.23. The molecule has 16 heavy (non-hydrogen) atoms. The first-order valence-corrected chi connectivity index (χ1v) is 7.24. The van der Waals surface area contributed by atoms with Crippen LogP contribution in [0.1, 0.15) is 31.7 Å². The largest absolute Gasteiger partial charge is 0.327 e. The van der Waals surface area contributed by atoms with Crippen molar-refractivity contribution >= 4 is 22.6 Å². The van der Waals surface area contributed by atoms with Gasteiger partial charge in [-0.1, -0.05) is 31.9 Å². The summed E-state index contributed by atoms with van der Waals surface area (Å²) in [7, 11) is 0. The molecule has 0 aromatic heterocycles. The Labute approximate surface area is 112 Å². The summed E-state index contributed by atoms with van der Waals surface area (Å²) in [6.07, 6.45) is 5.09. The van der Waals surface area contributed by atoms with Crippen molar-refractivity contribution < 1.29 is 0 Å². The molecule has 1 saturated carbocycles. The quantitative estimate of drug-likeness (QED) is 0.843. The highest BCUT2D eigenvalue weighted by Gasteiger charge is 2.28. The van der Waals surface area contributed by atoms with E-state index in [4.69, 9.17) is 5.73 Å². The average Bonchev–Trinajstić information content (AvgIpc) is 2.68. The first-order chi connectivity index (χ1) is 7.66. The zero-order chi connectivity index (χ0) is 11.5. The second kappa shape index (κ2) is 5.50. The van der Waals surface area contributed by atoms with Gasteiger partial charge in [0.15, 0.2) is 0 Å². The van der Waals surface area contributed by atoms with Crippen LogP contribution in [0.15, 0.2) is 24.3 Å². The molecule has 0 bridgehead atoms. The van der Waals surface area contributed by atoms with Crippen molar-refractivity contribution in [3.63, 3.8) is 0 Å². The van der Waals surface area contributed by atoms with E-state index in [1.165, 1.54) is 28.4 Å². The molecule has 1 fully saturated rings. The molecule has 3 unspecified atom stereocenters. The molecule has 1 aromatic rings. The van der Waals surface area contributed by atoms with Crippen LogP contribution >= 0.6 is 22.6 Å². The molecule has 2 heteroatoms. The molecule has 1 aliphatic rings. The molecule has 1 nitrogen and oxygen atoms in total. The first kappa shape index (κ1) is 12.4. The zero-order valence-corrected chi connectivity index (χ0v) is 12.0. The fourth-order valence-corrected chi connectivity index (χ4v) is 3.21. The van der Waals surface area contributed by atoms with Crippen molar-refractivity contribution in [3.05, 3.63) is 33.4 Å². The lowest BCUT2D eigenvalue weighted by atomic mass is 9.87. The Hall–Kier alpha value is -0.0900. The maximum Gasteiger partial charge on any atom is 0.0130 e. The van der Waals surface area contributed by atoms with Gasteiger partial charge in [0.2, 0.25) is 0 Å². The monoisotopic (exact) mass is 329 g/mol. The minimum Gasteiger partial charge on any atom is -0.327 e. The van der Waals surface area contributed by atoms with E-state index in [1.54, 1.807) is 0 Å². The van der Waals surface area contributed by atoms with Crippen molar-refractivity contribution in [1.82, 2.24) is 0 Å². The summed E-state index contributed by atoms with van der Waals surface area (Å²) < 4.78 is 1.30. The Kier molecular flexibility index (Phi) is 4.25. The minimum absolute atomic E-state index is 0.345. The lowest BCUT2D eigenvalue weighted by Crippen LogP contribution is -2.33. The molecule has 1 aromatic carbocycles. The number of hydrogen-bond acceptors (Lipinski definition) is 1. The van der Waals surface area contributed by atoms with Gasteiger partial charge >= 0.3 is 0 Å². The van der Waals surface area contributed by atoms with Crippen LogP contribution in [-0.2, 0) is 6.42 Å². The van der Waals surface area contributed by atoms with E-state index < -0.39 is 0 Å². The van der Waals surface area contributed by atoms with E-state index in [9.17, 15) is 0 Å². The van der Waals surface area contributed by atoms with Crippen LogP contribution in [0, 0.1) is 15.4 Å². The van der Waals surface area contributed by atoms with E-state index in [0.29, 0.717) is 6.04 Å². The molecule has 0 radical (unpaired) electrons. The van der Waals surface area contributed by atoms with E-state index in [0.717, 1.165) is 18.3 Å². The van der Waals surface area contributed by atoms with E-state index >= 15 is 0 Å². The number of benzene rings is 1. The molecular weight excluding hydrogens is 309 g/mol. The summed E-state index contributed by atoms with van der Waals surface area (Å²) in [5.41, 5.74) is 7.72. The van der Waals surface area contributed by atoms with Crippen molar-refractivity contribution in [2.24, 2.45) is 17.6 Å². The average molecular weight is 329 g/mol. The standard InChI is InChI=1S/C14H20IN/c1-10-3-2-4-13(10)14(16)9-11-5-7-12(15)8-6-11/h5-8,10,13-14H,2-4,9,16H2,1H3. The summed E-state index contributed by atoms with van der Waals surface area (Å²) in [6.45, 7) is 2.35. The second-order valence-electron chi connectivity index (χ2n) is 5.07. The Morgan fingerprint density at radius 3 is 2.56 bits per heavy atom. The highest BCUT2D eigenvalue weighted by molar-refractivity contribution is 14.1. The van der Waals surface area contributed by atoms with Crippen molar-refractivity contribution in [1.29, 1.82) is 0 Å². The van der Waals surface area contributed by atoms with Crippen LogP contribution in [0.25, 0.3) is 0 Å². The summed E-state index contributed by atoms with van der Waals surface area (Å²) in [6, 6.07) is 9.10. The normalized spacial score (nSPS) is 26.9. The van der Waals surface area contributed by atoms with Gasteiger partial charge < -0.3 is 5.73 Å². The molecular formula is C14H20IN. The van der Waals surface area contributed by atoms with Gasteiger partial charge in [0, 0.05) is 9.61 Å². The maximum atomic E-state index is 6.34. The molecule has 88 valence electrons. The Balaban J connectivity index is 1.96. The molecule has 0 amide bonds. The van der Waals surface area contributed by atoms with Crippen LogP contribution in [0.5, 0.6) is 0 Å². The molecule has 3 atom stereocenters. The highest BCUT2D eigenvalue weighted by Crippen LogP contribution is 2.33. The van der Waals surface area contributed by atoms with Gasteiger partial charge in [-0.05, 0) is 65.0 Å². The van der Waals surface area contributed by atoms with Gasteiger partial charge in [-0.3, -0.25) is 0 Å². The molecule has 2 N–H and O–H groups in total. The Bertz CT molecular complexity index is 333. The minimum atomic E-state index is 0.345. The maximum absolute atomic E-state index is 6.34. The third-order valence-electron chi connectivity index (χ3n) is 3.86. The fraction of sp³-hybridized carbons (Fsp3) is 0.571. The van der Waals surface area contributed by atoms with Crippen LogP contribution < -0.4 is 5.73 Å². The molecule has 0 aliphatic heterocycles. The third kappa shape index (κ3) is 2.98. The summed E-state index contributed by atoms with van der Waals surface area (Å²) in [5, 5.41) is 0. The van der Waals surface area contributed by atoms with Crippen LogP contribution in [0.2, 0.25) is 0 Å². The first-order valence-electron chi connectivity index (χ1n) is 6.17. The lowest BCUT2D eigenvalue weighted by molar-refractivity contribution is 0.343. The topological polar surface area (TPSA) is 26.0 Å². The molecule has 2 rings (SSSR count). The van der Waals surface area contributed by atoms with Gasteiger partial charge in [0.05, 0.1) is 0 Å². The SMILES string of the molecule is CC1CCCC1C(N)Cc1ccc(I)cc1. The van der Waals surface area contributed by atoms with Crippen LogP contribution in [0.4, 0.5) is 0 Å². The van der Waals surface area contributed by atoms with E-state index in [1.807, 2.05) is 0 Å². The highest BCUT2D eigenvalue weighted by atomic mass is 127. The molecule has 0 saturated heterocycles. The number of rotatable bonds is 3. The second-order valence-corrected chi connectivity index (χ2v) is 6.31. The predicted octanol–water partition coefficient (Wildman–Crippen LogP) is 3.60. The van der Waals surface area contributed by atoms with Crippen molar-refractivity contribution in [2.45, 2.75) is 38.6 Å².